The summed E-state index contributed by atoms with van der Waals surface area (Å²) < 4.78 is 0. The SMILES string of the molecule is C[Si]C1c2ccccc2C([Si]C)C([Si]C)C1[Si]C. The summed E-state index contributed by atoms with van der Waals surface area (Å²) >= 11 is 0. The van der Waals surface area contributed by atoms with Crippen LogP contribution in [-0.4, -0.2) is 38.1 Å². The first-order valence-electron chi connectivity index (χ1n) is 6.56. The predicted molar refractivity (Wildman–Crippen MR) is 85.9 cm³/mol. The topological polar surface area (TPSA) is 0 Å². The normalized spacial score (nSPS) is 31.1. The average molecular weight is 301 g/mol. The third-order valence-electron chi connectivity index (χ3n) is 4.06. The minimum absolute atomic E-state index is 0.842. The van der Waals surface area contributed by atoms with Gasteiger partial charge in [0, 0.05) is 38.1 Å². The fourth-order valence-corrected chi connectivity index (χ4v) is 11.0. The summed E-state index contributed by atoms with van der Waals surface area (Å²) in [4.78, 5) is 0. The molecule has 4 atom stereocenters. The maximum Gasteiger partial charge on any atom is 0.0438 e. The van der Waals surface area contributed by atoms with Gasteiger partial charge < -0.3 is 0 Å². The quantitative estimate of drug-likeness (QED) is 0.748. The monoisotopic (exact) mass is 300 g/mol. The minimum Gasteiger partial charge on any atom is -0.0731 e. The van der Waals surface area contributed by atoms with Crippen molar-refractivity contribution in [2.75, 3.05) is 0 Å². The van der Waals surface area contributed by atoms with E-state index in [1.54, 1.807) is 11.1 Å². The van der Waals surface area contributed by atoms with Gasteiger partial charge in [-0.25, -0.2) is 0 Å². The first kappa shape index (κ1) is 14.5. The van der Waals surface area contributed by atoms with Crippen LogP contribution >= 0.6 is 0 Å². The highest BCUT2D eigenvalue weighted by Gasteiger charge is 2.39. The van der Waals surface area contributed by atoms with Crippen LogP contribution in [0.15, 0.2) is 24.3 Å². The molecule has 0 spiro atoms. The molecule has 0 aliphatic heterocycles. The molecule has 18 heavy (non-hydrogen) atoms. The highest BCUT2D eigenvalue weighted by molar-refractivity contribution is 6.51. The van der Waals surface area contributed by atoms with Gasteiger partial charge in [-0.2, -0.15) is 0 Å². The molecule has 1 aromatic carbocycles. The first-order valence-corrected chi connectivity index (χ1v) is 12.9. The van der Waals surface area contributed by atoms with Gasteiger partial charge >= 0.3 is 0 Å². The van der Waals surface area contributed by atoms with Crippen LogP contribution in [0.4, 0.5) is 0 Å². The average Bonchev–Trinajstić information content (AvgIpc) is 2.44. The lowest BCUT2D eigenvalue weighted by Gasteiger charge is -2.43. The summed E-state index contributed by atoms with van der Waals surface area (Å²) in [5.74, 6) is 0. The van der Waals surface area contributed by atoms with E-state index < -0.39 is 0 Å². The van der Waals surface area contributed by atoms with Crippen LogP contribution in [0.2, 0.25) is 37.3 Å². The molecule has 4 heteroatoms. The van der Waals surface area contributed by atoms with E-state index in [4.69, 9.17) is 0 Å². The third kappa shape index (κ3) is 2.40. The van der Waals surface area contributed by atoms with Crippen molar-refractivity contribution >= 4 is 38.1 Å². The van der Waals surface area contributed by atoms with Crippen molar-refractivity contribution in [3.8, 4) is 0 Å². The van der Waals surface area contributed by atoms with Crippen LogP contribution in [0, 0.1) is 0 Å². The summed E-state index contributed by atoms with van der Waals surface area (Å²) in [6, 6.07) is 9.30. The molecule has 0 amide bonds. The second kappa shape index (κ2) is 6.50. The molecule has 0 saturated carbocycles. The summed E-state index contributed by atoms with van der Waals surface area (Å²) in [7, 11) is 4.31. The molecule has 2 rings (SSSR count). The number of fused-ring (bicyclic) bond motifs is 1. The Bertz CT molecular complexity index is 356. The molecule has 0 N–H and O–H groups in total. The van der Waals surface area contributed by atoms with E-state index in [1.165, 1.54) is 0 Å². The molecule has 92 valence electrons. The maximum absolute atomic E-state index is 2.43. The number of rotatable bonds is 4. The van der Waals surface area contributed by atoms with E-state index in [-0.39, 0.29) is 0 Å². The zero-order chi connectivity index (χ0) is 13.1. The van der Waals surface area contributed by atoms with Crippen LogP contribution in [0.5, 0.6) is 0 Å². The van der Waals surface area contributed by atoms with Crippen molar-refractivity contribution < 1.29 is 0 Å². The number of hydrogen-bond donors (Lipinski definition) is 0. The summed E-state index contributed by atoms with van der Waals surface area (Å²) in [6.45, 7) is 9.65. The maximum atomic E-state index is 2.43. The van der Waals surface area contributed by atoms with Gasteiger partial charge in [-0.15, -0.1) is 0 Å². The molecule has 0 aromatic heterocycles. The van der Waals surface area contributed by atoms with Crippen LogP contribution in [0.3, 0.4) is 0 Å². The molecule has 4 unspecified atom stereocenters. The van der Waals surface area contributed by atoms with E-state index in [9.17, 15) is 0 Å². The molecule has 1 aliphatic carbocycles. The van der Waals surface area contributed by atoms with E-state index in [2.05, 4.69) is 50.5 Å². The van der Waals surface area contributed by atoms with Gasteiger partial charge in [0.25, 0.3) is 0 Å². The van der Waals surface area contributed by atoms with Crippen molar-refractivity contribution in [1.82, 2.24) is 0 Å². The lowest BCUT2D eigenvalue weighted by Crippen LogP contribution is -2.34. The van der Waals surface area contributed by atoms with Gasteiger partial charge in [0.2, 0.25) is 0 Å². The van der Waals surface area contributed by atoms with Crippen molar-refractivity contribution in [1.29, 1.82) is 0 Å². The van der Waals surface area contributed by atoms with Crippen LogP contribution in [0.25, 0.3) is 0 Å². The van der Waals surface area contributed by atoms with Gasteiger partial charge in [-0.1, -0.05) is 50.5 Å². The number of benzene rings is 1. The van der Waals surface area contributed by atoms with Crippen molar-refractivity contribution in [3.63, 3.8) is 0 Å². The molecule has 0 saturated heterocycles. The van der Waals surface area contributed by atoms with Gasteiger partial charge in [0.1, 0.15) is 0 Å². The summed E-state index contributed by atoms with van der Waals surface area (Å²) in [5.41, 5.74) is 6.95. The highest BCUT2D eigenvalue weighted by Crippen LogP contribution is 2.51. The Morgan fingerprint density at radius 1 is 0.667 bits per heavy atom. The third-order valence-corrected chi connectivity index (χ3v) is 10.4. The Kier molecular flexibility index (Phi) is 5.23. The van der Waals surface area contributed by atoms with Crippen molar-refractivity contribution in [3.05, 3.63) is 35.4 Å². The summed E-state index contributed by atoms with van der Waals surface area (Å²) in [6.07, 6.45) is 0. The molecule has 0 bridgehead atoms. The van der Waals surface area contributed by atoms with Gasteiger partial charge in [-0.3, -0.25) is 0 Å². The molecule has 8 radical (unpaired) electrons. The summed E-state index contributed by atoms with van der Waals surface area (Å²) in [5, 5.41) is 0. The van der Waals surface area contributed by atoms with Crippen LogP contribution in [-0.2, 0) is 0 Å². The molecule has 1 aromatic rings. The molecule has 1 aliphatic rings. The van der Waals surface area contributed by atoms with E-state index in [1.807, 2.05) is 0 Å². The second-order valence-electron chi connectivity index (χ2n) is 4.79. The minimum atomic E-state index is 0.842. The smallest absolute Gasteiger partial charge is 0.0438 e. The van der Waals surface area contributed by atoms with Crippen molar-refractivity contribution in [2.24, 2.45) is 0 Å². The molecular formula is C14H20Si4. The fraction of sp³-hybridized carbons (Fsp3) is 0.571. The van der Waals surface area contributed by atoms with Crippen LogP contribution < -0.4 is 0 Å². The van der Waals surface area contributed by atoms with Crippen molar-refractivity contribution in [2.45, 2.75) is 48.4 Å². The van der Waals surface area contributed by atoms with Crippen LogP contribution in [0.1, 0.15) is 22.2 Å². The Morgan fingerprint density at radius 2 is 1.06 bits per heavy atom. The Labute approximate surface area is 122 Å². The molecule has 0 fully saturated rings. The highest BCUT2D eigenvalue weighted by atomic mass is 28.2. The Balaban J connectivity index is 2.50. The fourth-order valence-electron chi connectivity index (χ4n) is 3.24. The lowest BCUT2D eigenvalue weighted by atomic mass is 9.89. The zero-order valence-corrected chi connectivity index (χ0v) is 15.6. The predicted octanol–water partition coefficient (Wildman–Crippen LogP) is 3.37. The first-order chi connectivity index (χ1) is 8.78. The molecule has 0 heterocycles. The number of hydrogen-bond acceptors (Lipinski definition) is 0. The van der Waals surface area contributed by atoms with E-state index in [0.717, 1.165) is 60.2 Å². The van der Waals surface area contributed by atoms with E-state index in [0.29, 0.717) is 0 Å². The Hall–Kier alpha value is 0.0875. The Morgan fingerprint density at radius 3 is 1.33 bits per heavy atom. The zero-order valence-electron chi connectivity index (χ0n) is 11.6. The standard InChI is InChI=1S/C14H20Si4/c1-15-11-9-7-5-6-8-10(9)12(16-2)14(18-4)13(11)17-3/h5-8,11-14H,1-4H3. The molecule has 0 nitrogen and oxygen atoms in total. The van der Waals surface area contributed by atoms with Gasteiger partial charge in [-0.05, 0) is 33.3 Å². The lowest BCUT2D eigenvalue weighted by molar-refractivity contribution is 0.630. The van der Waals surface area contributed by atoms with Gasteiger partial charge in [0.05, 0.1) is 0 Å². The van der Waals surface area contributed by atoms with Gasteiger partial charge in [0.15, 0.2) is 0 Å². The van der Waals surface area contributed by atoms with E-state index >= 15 is 0 Å². The largest absolute Gasteiger partial charge is 0.0731 e. The molecular weight excluding hydrogens is 280 g/mol. The second-order valence-corrected chi connectivity index (χ2v) is 9.68.